The number of anilines is 1. The van der Waals surface area contributed by atoms with Crippen molar-refractivity contribution in [3.05, 3.63) is 24.0 Å². The Morgan fingerprint density at radius 1 is 1.24 bits per heavy atom. The summed E-state index contributed by atoms with van der Waals surface area (Å²) in [6.45, 7) is 1.91. The van der Waals surface area contributed by atoms with Gasteiger partial charge in [-0.2, -0.15) is 0 Å². The largest absolute Gasteiger partial charge is 0.481 e. The first-order valence-corrected chi connectivity index (χ1v) is 7.42. The van der Waals surface area contributed by atoms with Crippen molar-refractivity contribution in [3.8, 4) is 0 Å². The molecule has 2 N–H and O–H groups in total. The van der Waals surface area contributed by atoms with Gasteiger partial charge in [0.1, 0.15) is 0 Å². The lowest BCUT2D eigenvalue weighted by Crippen LogP contribution is -2.32. The summed E-state index contributed by atoms with van der Waals surface area (Å²) >= 11 is 0. The van der Waals surface area contributed by atoms with E-state index in [-0.39, 0.29) is 24.2 Å². The van der Waals surface area contributed by atoms with Crippen LogP contribution in [0.2, 0.25) is 0 Å². The maximum atomic E-state index is 12.2. The number of pyridine rings is 1. The third-order valence-electron chi connectivity index (χ3n) is 4.13. The van der Waals surface area contributed by atoms with E-state index in [2.05, 4.69) is 10.3 Å². The quantitative estimate of drug-likeness (QED) is 0.873. The highest BCUT2D eigenvalue weighted by atomic mass is 16.4. The smallest absolute Gasteiger partial charge is 0.303 e. The van der Waals surface area contributed by atoms with Gasteiger partial charge in [-0.1, -0.05) is 19.3 Å². The van der Waals surface area contributed by atoms with Gasteiger partial charge in [0, 0.05) is 12.6 Å². The Hall–Kier alpha value is -1.91. The van der Waals surface area contributed by atoms with Gasteiger partial charge in [-0.3, -0.25) is 14.6 Å². The van der Waals surface area contributed by atoms with Gasteiger partial charge in [0.25, 0.3) is 0 Å². The molecule has 0 bridgehead atoms. The minimum absolute atomic E-state index is 0.0759. The number of aromatic nitrogens is 1. The van der Waals surface area contributed by atoms with Crippen molar-refractivity contribution in [3.63, 3.8) is 0 Å². The Morgan fingerprint density at radius 2 is 1.95 bits per heavy atom. The average Bonchev–Trinajstić information content (AvgIpc) is 2.38. The van der Waals surface area contributed by atoms with Crippen LogP contribution in [0.15, 0.2) is 18.5 Å². The molecule has 0 atom stereocenters. The summed E-state index contributed by atoms with van der Waals surface area (Å²) in [5, 5.41) is 12.0. The summed E-state index contributed by atoms with van der Waals surface area (Å²) in [6, 6.07) is 1.86. The van der Waals surface area contributed by atoms with E-state index in [0.29, 0.717) is 5.69 Å². The minimum atomic E-state index is -0.818. The maximum Gasteiger partial charge on any atom is 0.303 e. The number of carboxylic acid groups (broad SMARTS) is 1. The Balaban J connectivity index is 2.02. The molecule has 1 saturated carbocycles. The van der Waals surface area contributed by atoms with Crippen molar-refractivity contribution >= 4 is 17.6 Å². The van der Waals surface area contributed by atoms with Crippen molar-refractivity contribution < 1.29 is 14.7 Å². The van der Waals surface area contributed by atoms with Crippen LogP contribution in [0.25, 0.3) is 0 Å². The highest BCUT2D eigenvalue weighted by Gasteiger charge is 2.36. The molecule has 21 heavy (non-hydrogen) atoms. The van der Waals surface area contributed by atoms with Crippen LogP contribution in [0, 0.1) is 12.3 Å². The molecule has 0 spiro atoms. The number of aliphatic carboxylic acids is 1. The Bertz CT molecular complexity index is 522. The fraction of sp³-hybridized carbons (Fsp3) is 0.562. The SMILES string of the molecule is Cc1cncc(NC(=O)CC2(CC(=O)O)CCCCC2)c1. The lowest BCUT2D eigenvalue weighted by atomic mass is 9.69. The van der Waals surface area contributed by atoms with Crippen molar-refractivity contribution in [2.45, 2.75) is 51.9 Å². The lowest BCUT2D eigenvalue weighted by Gasteiger charge is -2.35. The van der Waals surface area contributed by atoms with E-state index in [1.54, 1.807) is 12.4 Å². The van der Waals surface area contributed by atoms with Crippen LogP contribution in [0.5, 0.6) is 0 Å². The van der Waals surface area contributed by atoms with Crippen LogP contribution >= 0.6 is 0 Å². The summed E-state index contributed by atoms with van der Waals surface area (Å²) in [7, 11) is 0. The fourth-order valence-electron chi connectivity index (χ4n) is 3.21. The van der Waals surface area contributed by atoms with E-state index < -0.39 is 5.97 Å². The molecule has 1 fully saturated rings. The first-order chi connectivity index (χ1) is 9.99. The van der Waals surface area contributed by atoms with Crippen LogP contribution in [0.1, 0.15) is 50.5 Å². The van der Waals surface area contributed by atoms with Crippen LogP contribution < -0.4 is 5.32 Å². The number of nitrogens with zero attached hydrogens (tertiary/aromatic N) is 1. The van der Waals surface area contributed by atoms with Gasteiger partial charge < -0.3 is 10.4 Å². The van der Waals surface area contributed by atoms with Gasteiger partial charge in [-0.15, -0.1) is 0 Å². The fourth-order valence-corrected chi connectivity index (χ4v) is 3.21. The molecule has 0 unspecified atom stereocenters. The molecule has 1 aromatic rings. The molecule has 0 saturated heterocycles. The number of carboxylic acids is 1. The normalized spacial score (nSPS) is 17.2. The summed E-state index contributed by atoms with van der Waals surface area (Å²) in [5.74, 6) is -0.938. The zero-order chi connectivity index (χ0) is 15.3. The first kappa shape index (κ1) is 15.5. The highest BCUT2D eigenvalue weighted by Crippen LogP contribution is 2.42. The molecule has 1 aromatic heterocycles. The van der Waals surface area contributed by atoms with Gasteiger partial charge in [0.2, 0.25) is 5.91 Å². The van der Waals surface area contributed by atoms with E-state index in [0.717, 1.165) is 37.7 Å². The molecule has 5 heteroatoms. The van der Waals surface area contributed by atoms with Gasteiger partial charge in [-0.05, 0) is 36.8 Å². The van der Waals surface area contributed by atoms with Crippen LogP contribution in [0.4, 0.5) is 5.69 Å². The topological polar surface area (TPSA) is 79.3 Å². The van der Waals surface area contributed by atoms with E-state index in [9.17, 15) is 9.59 Å². The first-order valence-electron chi connectivity index (χ1n) is 7.42. The predicted octanol–water partition coefficient (Wildman–Crippen LogP) is 3.14. The van der Waals surface area contributed by atoms with Crippen molar-refractivity contribution in [2.75, 3.05) is 5.32 Å². The molecular formula is C16H22N2O3. The van der Waals surface area contributed by atoms with E-state index in [1.165, 1.54) is 0 Å². The van der Waals surface area contributed by atoms with Gasteiger partial charge >= 0.3 is 5.97 Å². The molecule has 2 rings (SSSR count). The third kappa shape index (κ3) is 4.55. The van der Waals surface area contributed by atoms with Crippen LogP contribution in [-0.2, 0) is 9.59 Å². The predicted molar refractivity (Wildman–Crippen MR) is 80.0 cm³/mol. The average molecular weight is 290 g/mol. The molecule has 1 aliphatic carbocycles. The molecule has 114 valence electrons. The second kappa shape index (κ2) is 6.70. The summed E-state index contributed by atoms with van der Waals surface area (Å²) in [6.07, 6.45) is 8.46. The molecular weight excluding hydrogens is 268 g/mol. The Morgan fingerprint density at radius 3 is 2.57 bits per heavy atom. The molecule has 1 amide bonds. The maximum absolute atomic E-state index is 12.2. The minimum Gasteiger partial charge on any atom is -0.481 e. The number of hydrogen-bond donors (Lipinski definition) is 2. The molecule has 5 nitrogen and oxygen atoms in total. The Kier molecular flexibility index (Phi) is 4.94. The van der Waals surface area contributed by atoms with Gasteiger partial charge in [0.15, 0.2) is 0 Å². The monoisotopic (exact) mass is 290 g/mol. The number of amides is 1. The number of rotatable bonds is 5. The van der Waals surface area contributed by atoms with Crippen LogP contribution in [-0.4, -0.2) is 22.0 Å². The molecule has 0 aromatic carbocycles. The number of aryl methyl sites for hydroxylation is 1. The highest BCUT2D eigenvalue weighted by molar-refractivity contribution is 5.91. The summed E-state index contributed by atoms with van der Waals surface area (Å²) in [5.41, 5.74) is 1.26. The standard InChI is InChI=1S/C16H22N2O3/c1-12-7-13(11-17-10-12)18-14(19)8-16(9-15(20)21)5-3-2-4-6-16/h7,10-11H,2-6,8-9H2,1H3,(H,18,19)(H,20,21). The number of nitrogens with one attached hydrogen (secondary N) is 1. The summed E-state index contributed by atoms with van der Waals surface area (Å²) < 4.78 is 0. The zero-order valence-electron chi connectivity index (χ0n) is 12.4. The van der Waals surface area contributed by atoms with Crippen molar-refractivity contribution in [1.29, 1.82) is 0 Å². The number of carbonyl (C=O) groups is 2. The lowest BCUT2D eigenvalue weighted by molar-refractivity contribution is -0.140. The van der Waals surface area contributed by atoms with Crippen LogP contribution in [0.3, 0.4) is 0 Å². The molecule has 0 radical (unpaired) electrons. The molecule has 1 aliphatic rings. The number of carbonyl (C=O) groups excluding carboxylic acids is 1. The molecule has 1 heterocycles. The second-order valence-electron chi connectivity index (χ2n) is 6.11. The van der Waals surface area contributed by atoms with E-state index >= 15 is 0 Å². The van der Waals surface area contributed by atoms with Crippen molar-refractivity contribution in [2.24, 2.45) is 5.41 Å². The summed E-state index contributed by atoms with van der Waals surface area (Å²) in [4.78, 5) is 27.4. The third-order valence-corrected chi connectivity index (χ3v) is 4.13. The Labute approximate surface area is 124 Å². The van der Waals surface area contributed by atoms with Gasteiger partial charge in [0.05, 0.1) is 18.3 Å². The molecule has 0 aliphatic heterocycles. The van der Waals surface area contributed by atoms with Gasteiger partial charge in [-0.25, -0.2) is 0 Å². The second-order valence-corrected chi connectivity index (χ2v) is 6.11. The van der Waals surface area contributed by atoms with E-state index in [4.69, 9.17) is 5.11 Å². The van der Waals surface area contributed by atoms with Crippen molar-refractivity contribution in [1.82, 2.24) is 4.98 Å². The van der Waals surface area contributed by atoms with E-state index in [1.807, 2.05) is 13.0 Å². The zero-order valence-corrected chi connectivity index (χ0v) is 12.4. The number of hydrogen-bond acceptors (Lipinski definition) is 3.